The molecule has 0 aliphatic rings. The molecule has 0 radical (unpaired) electrons. The maximum atomic E-state index is 13.1. The van der Waals surface area contributed by atoms with Crippen molar-refractivity contribution >= 4 is 19.2 Å². The number of nitrogens with zero attached hydrogens (tertiary/aromatic N) is 3. The van der Waals surface area contributed by atoms with Crippen LogP contribution in [0.3, 0.4) is 0 Å². The topological polar surface area (TPSA) is 9.72 Å². The average molecular weight is 320 g/mol. The van der Waals surface area contributed by atoms with Crippen LogP contribution < -0.4 is 0 Å². The third kappa shape index (κ3) is 2.17. The molecule has 0 saturated carbocycles. The molecule has 3 nitrogen and oxygen atoms in total. The van der Waals surface area contributed by atoms with Crippen LogP contribution >= 0.6 is 0 Å². The third-order valence-electron chi connectivity index (χ3n) is 2.25. The second-order valence-corrected chi connectivity index (χ2v) is 16.7. The van der Waals surface area contributed by atoms with Gasteiger partial charge in [0.05, 0.1) is 0 Å². The van der Waals surface area contributed by atoms with E-state index in [-0.39, 0.29) is 0 Å². The molecule has 0 bridgehead atoms. The molecule has 0 heterocycles. The minimum atomic E-state index is -4.58. The molecule has 0 saturated heterocycles. The predicted molar refractivity (Wildman–Crippen MR) is 52.9 cm³/mol. The SMILES string of the molecule is C[N](C)[Sn]([N](C)C)([N](C)C)[C](F)(F)F. The van der Waals surface area contributed by atoms with Gasteiger partial charge in [-0.1, -0.05) is 0 Å². The van der Waals surface area contributed by atoms with E-state index in [1.54, 1.807) is 0 Å². The summed E-state index contributed by atoms with van der Waals surface area (Å²) < 4.78 is 39.2. The summed E-state index contributed by atoms with van der Waals surface area (Å²) >= 11 is -4.58. The third-order valence-corrected chi connectivity index (χ3v) is 15.1. The molecule has 0 aliphatic heterocycles. The molecule has 0 N–H and O–H groups in total. The summed E-state index contributed by atoms with van der Waals surface area (Å²) in [6.07, 6.45) is 0. The monoisotopic (exact) mass is 321 g/mol. The maximum absolute atomic E-state index is 13.1. The first-order chi connectivity index (χ1) is 6.08. The van der Waals surface area contributed by atoms with Crippen LogP contribution in [0.15, 0.2) is 0 Å². The van der Waals surface area contributed by atoms with E-state index in [2.05, 4.69) is 0 Å². The summed E-state index contributed by atoms with van der Waals surface area (Å²) in [4.78, 5) is 0. The zero-order chi connectivity index (χ0) is 11.7. The van der Waals surface area contributed by atoms with E-state index in [9.17, 15) is 13.2 Å². The first-order valence-electron chi connectivity index (χ1n) is 4.17. The first kappa shape index (κ1) is 14.5. The van der Waals surface area contributed by atoms with Crippen molar-refractivity contribution in [3.8, 4) is 0 Å². The van der Waals surface area contributed by atoms with E-state index < -0.39 is 23.4 Å². The second kappa shape index (κ2) is 4.54. The Morgan fingerprint density at radius 1 is 0.714 bits per heavy atom. The summed E-state index contributed by atoms with van der Waals surface area (Å²) in [5, 5.41) is 0. The zero-order valence-corrected chi connectivity index (χ0v) is 12.3. The Balaban J connectivity index is 5.40. The summed E-state index contributed by atoms with van der Waals surface area (Å²) in [5.74, 6) is 0. The van der Waals surface area contributed by atoms with Crippen LogP contribution in [0.2, 0.25) is 0 Å². The second-order valence-electron chi connectivity index (χ2n) is 3.82. The van der Waals surface area contributed by atoms with Crippen molar-refractivity contribution in [2.75, 3.05) is 42.3 Å². The molecule has 0 aromatic heterocycles. The van der Waals surface area contributed by atoms with E-state index in [1.165, 1.54) is 51.7 Å². The van der Waals surface area contributed by atoms with Crippen molar-refractivity contribution < 1.29 is 13.2 Å². The van der Waals surface area contributed by atoms with Gasteiger partial charge in [0.2, 0.25) is 0 Å². The number of halogens is 3. The fourth-order valence-corrected chi connectivity index (χ4v) is 13.2. The van der Waals surface area contributed by atoms with Crippen LogP contribution in [-0.2, 0) is 0 Å². The molecule has 0 aliphatic carbocycles. The van der Waals surface area contributed by atoms with Gasteiger partial charge in [0, 0.05) is 0 Å². The fraction of sp³-hybridized carbons (Fsp3) is 1.00. The van der Waals surface area contributed by atoms with Crippen LogP contribution in [0.5, 0.6) is 0 Å². The Morgan fingerprint density at radius 3 is 0.929 bits per heavy atom. The fourth-order valence-electron chi connectivity index (χ4n) is 1.96. The Hall–Kier alpha value is 0.469. The van der Waals surface area contributed by atoms with Crippen molar-refractivity contribution in [1.82, 2.24) is 9.36 Å². The molecular weight excluding hydrogens is 302 g/mol. The van der Waals surface area contributed by atoms with Crippen LogP contribution in [0.4, 0.5) is 13.2 Å². The van der Waals surface area contributed by atoms with Gasteiger partial charge in [-0.3, -0.25) is 0 Å². The van der Waals surface area contributed by atoms with Gasteiger partial charge >= 0.3 is 88.2 Å². The standard InChI is InChI=1S/3C2H6N.CF3.Sn/c3*1-3-2;2-1(3)4;/h3*1-2H3;;/q3*-1;;+3. The van der Waals surface area contributed by atoms with E-state index in [4.69, 9.17) is 0 Å². The molecule has 0 rings (SSSR count). The summed E-state index contributed by atoms with van der Waals surface area (Å²) in [6.45, 7) is 0. The van der Waals surface area contributed by atoms with Crippen LogP contribution in [0, 0.1) is 0 Å². The van der Waals surface area contributed by atoms with Crippen LogP contribution in [-0.4, -0.2) is 75.0 Å². The summed E-state index contributed by atoms with van der Waals surface area (Å²) in [7, 11) is 9.02. The Bertz CT molecular complexity index is 169. The number of rotatable bonds is 3. The summed E-state index contributed by atoms with van der Waals surface area (Å²) in [5.41, 5.74) is 0. The van der Waals surface area contributed by atoms with Gasteiger partial charge in [0.25, 0.3) is 0 Å². The first-order valence-corrected chi connectivity index (χ1v) is 9.43. The van der Waals surface area contributed by atoms with Gasteiger partial charge in [-0.05, 0) is 0 Å². The minimum absolute atomic E-state index is 1.36. The van der Waals surface area contributed by atoms with Crippen molar-refractivity contribution in [3.05, 3.63) is 0 Å². The van der Waals surface area contributed by atoms with Crippen molar-refractivity contribution in [2.45, 2.75) is 4.19 Å². The van der Waals surface area contributed by atoms with E-state index in [0.29, 0.717) is 0 Å². The van der Waals surface area contributed by atoms with E-state index in [1.807, 2.05) is 0 Å². The van der Waals surface area contributed by atoms with Gasteiger partial charge in [0.1, 0.15) is 0 Å². The normalized spacial score (nSPS) is 14.6. The quantitative estimate of drug-likeness (QED) is 0.710. The van der Waals surface area contributed by atoms with Crippen molar-refractivity contribution in [2.24, 2.45) is 0 Å². The van der Waals surface area contributed by atoms with Crippen LogP contribution in [0.1, 0.15) is 0 Å². The molecule has 0 atom stereocenters. The van der Waals surface area contributed by atoms with Gasteiger partial charge in [-0.25, -0.2) is 0 Å². The Morgan fingerprint density at radius 2 is 0.929 bits per heavy atom. The molecule has 0 amide bonds. The van der Waals surface area contributed by atoms with Gasteiger partial charge in [-0.15, -0.1) is 0 Å². The zero-order valence-electron chi connectivity index (χ0n) is 9.48. The molecule has 86 valence electrons. The van der Waals surface area contributed by atoms with Crippen molar-refractivity contribution in [1.29, 1.82) is 0 Å². The molecule has 0 aromatic carbocycles. The molecule has 7 heteroatoms. The Labute approximate surface area is 88.4 Å². The predicted octanol–water partition coefficient (Wildman–Crippen LogP) is 0.712. The molecular formula is C7H18F3N3Sn. The number of hydrogen-bond donors (Lipinski definition) is 0. The summed E-state index contributed by atoms with van der Waals surface area (Å²) in [6, 6.07) is 0. The molecule has 0 aromatic rings. The van der Waals surface area contributed by atoms with E-state index >= 15 is 0 Å². The van der Waals surface area contributed by atoms with Gasteiger partial charge in [0.15, 0.2) is 0 Å². The van der Waals surface area contributed by atoms with Crippen molar-refractivity contribution in [3.63, 3.8) is 0 Å². The van der Waals surface area contributed by atoms with Crippen LogP contribution in [0.25, 0.3) is 0 Å². The average Bonchev–Trinajstić information content (AvgIpc) is 1.79. The van der Waals surface area contributed by atoms with Gasteiger partial charge in [-0.2, -0.15) is 0 Å². The van der Waals surface area contributed by atoms with Gasteiger partial charge < -0.3 is 0 Å². The molecule has 14 heavy (non-hydrogen) atoms. The van der Waals surface area contributed by atoms with E-state index in [0.717, 1.165) is 0 Å². The Kier molecular flexibility index (Phi) is 4.70. The number of alkyl halides is 3. The number of hydrogen-bond acceptors (Lipinski definition) is 3. The molecule has 0 fully saturated rings. The molecule has 0 unspecified atom stereocenters. The molecule has 0 spiro atoms.